The Hall–Kier alpha value is -3.00. The van der Waals surface area contributed by atoms with E-state index in [4.69, 9.17) is 11.2 Å². The van der Waals surface area contributed by atoms with Crippen LogP contribution in [0, 0.1) is 12.3 Å². The zero-order valence-electron chi connectivity index (χ0n) is 12.7. The summed E-state index contributed by atoms with van der Waals surface area (Å²) in [6, 6.07) is 13.8. The third-order valence-electron chi connectivity index (χ3n) is 3.18. The van der Waals surface area contributed by atoms with Crippen LogP contribution in [0.3, 0.4) is 0 Å². The molecular weight excluding hydrogens is 292 g/mol. The molecule has 0 aliphatic carbocycles. The van der Waals surface area contributed by atoms with Crippen molar-refractivity contribution in [3.8, 4) is 23.6 Å². The number of ether oxygens (including phenoxy) is 1. The quantitative estimate of drug-likeness (QED) is 0.606. The van der Waals surface area contributed by atoms with Gasteiger partial charge in [-0.1, -0.05) is 36.3 Å². The lowest BCUT2D eigenvalue weighted by atomic mass is 10.2. The summed E-state index contributed by atoms with van der Waals surface area (Å²) in [7, 11) is 0. The van der Waals surface area contributed by atoms with Gasteiger partial charge in [0.25, 0.3) is 5.91 Å². The number of nitrogens with one attached hydrogen (secondary N) is 2. The van der Waals surface area contributed by atoms with Gasteiger partial charge < -0.3 is 15.0 Å². The first-order chi connectivity index (χ1) is 11.2. The third-order valence-corrected chi connectivity index (χ3v) is 3.18. The Morgan fingerprint density at radius 1 is 1.17 bits per heavy atom. The van der Waals surface area contributed by atoms with Gasteiger partial charge in [-0.2, -0.15) is 0 Å². The van der Waals surface area contributed by atoms with Crippen molar-refractivity contribution in [3.05, 3.63) is 48.2 Å². The van der Waals surface area contributed by atoms with E-state index in [0.29, 0.717) is 6.42 Å². The van der Waals surface area contributed by atoms with Crippen molar-refractivity contribution in [1.82, 2.24) is 10.3 Å². The number of aromatic amines is 1. The van der Waals surface area contributed by atoms with Crippen LogP contribution in [-0.4, -0.2) is 30.0 Å². The number of amides is 1. The third kappa shape index (κ3) is 5.36. The summed E-state index contributed by atoms with van der Waals surface area (Å²) in [5, 5.41) is 2.42. The van der Waals surface area contributed by atoms with E-state index in [-0.39, 0.29) is 19.6 Å². The largest absolute Gasteiger partial charge is 0.456 e. The topological polar surface area (TPSA) is 71.2 Å². The zero-order valence-corrected chi connectivity index (χ0v) is 12.7. The molecule has 2 N–H and O–H groups in total. The molecule has 118 valence electrons. The Bertz CT molecular complexity index is 699. The minimum atomic E-state index is -0.420. The van der Waals surface area contributed by atoms with Gasteiger partial charge in [-0.25, -0.2) is 0 Å². The number of terminal acetylenes is 1. The van der Waals surface area contributed by atoms with Crippen molar-refractivity contribution in [1.29, 1.82) is 0 Å². The lowest BCUT2D eigenvalue weighted by Crippen LogP contribution is -2.29. The average Bonchev–Trinajstić information content (AvgIpc) is 3.06. The molecule has 0 spiro atoms. The van der Waals surface area contributed by atoms with Crippen molar-refractivity contribution >= 4 is 11.9 Å². The lowest BCUT2D eigenvalue weighted by Gasteiger charge is -2.04. The van der Waals surface area contributed by atoms with Crippen LogP contribution in [0.5, 0.6) is 0 Å². The fourth-order valence-electron chi connectivity index (χ4n) is 2.03. The Kier molecular flexibility index (Phi) is 6.01. The molecule has 0 fully saturated rings. The predicted octanol–water partition coefficient (Wildman–Crippen LogP) is 1.91. The Balaban J connectivity index is 1.76. The molecule has 23 heavy (non-hydrogen) atoms. The molecule has 0 aliphatic heterocycles. The maximum atomic E-state index is 11.6. The van der Waals surface area contributed by atoms with Gasteiger partial charge >= 0.3 is 5.97 Å². The number of rotatable bonds is 7. The summed E-state index contributed by atoms with van der Waals surface area (Å²) in [5.41, 5.74) is 3.03. The van der Waals surface area contributed by atoms with Crippen LogP contribution in [0.15, 0.2) is 42.5 Å². The summed E-state index contributed by atoms with van der Waals surface area (Å²) >= 11 is 0. The molecule has 1 aromatic carbocycles. The first-order valence-corrected chi connectivity index (χ1v) is 7.28. The molecule has 0 unspecified atom stereocenters. The standard InChI is InChI=1S/C18H18N2O3/c1-2-12-19-17(21)13-23-18(22)11-9-15-8-10-16(20-15)14-6-4-3-5-7-14/h1,3-8,10,20H,9,11-13H2,(H,19,21). The molecule has 2 aromatic rings. The van der Waals surface area contributed by atoms with Crippen molar-refractivity contribution in [2.24, 2.45) is 0 Å². The molecule has 0 atom stereocenters. The van der Waals surface area contributed by atoms with E-state index in [2.05, 4.69) is 16.2 Å². The number of aryl methyl sites for hydroxylation is 1. The van der Waals surface area contributed by atoms with E-state index in [1.54, 1.807) is 0 Å². The second-order valence-electron chi connectivity index (χ2n) is 4.90. The number of carbonyl (C=O) groups excluding carboxylic acids is 2. The van der Waals surface area contributed by atoms with E-state index in [1.807, 2.05) is 42.5 Å². The molecule has 1 aromatic heterocycles. The maximum Gasteiger partial charge on any atom is 0.306 e. The first kappa shape index (κ1) is 16.4. The van der Waals surface area contributed by atoms with Gasteiger partial charge in [-0.3, -0.25) is 9.59 Å². The summed E-state index contributed by atoms with van der Waals surface area (Å²) in [6.45, 7) is -0.179. The van der Waals surface area contributed by atoms with Gasteiger partial charge in [0, 0.05) is 11.4 Å². The fraction of sp³-hybridized carbons (Fsp3) is 0.222. The van der Waals surface area contributed by atoms with Gasteiger partial charge in [0.2, 0.25) is 0 Å². The van der Waals surface area contributed by atoms with Crippen LogP contribution in [0.2, 0.25) is 0 Å². The summed E-state index contributed by atoms with van der Waals surface area (Å²) in [5.74, 6) is 1.45. The van der Waals surface area contributed by atoms with Gasteiger partial charge in [-0.05, 0) is 24.1 Å². The van der Waals surface area contributed by atoms with Gasteiger partial charge in [0.15, 0.2) is 6.61 Å². The Morgan fingerprint density at radius 2 is 1.96 bits per heavy atom. The number of benzene rings is 1. The zero-order chi connectivity index (χ0) is 16.5. The minimum Gasteiger partial charge on any atom is -0.456 e. The first-order valence-electron chi connectivity index (χ1n) is 7.28. The van der Waals surface area contributed by atoms with E-state index < -0.39 is 11.9 Å². The van der Waals surface area contributed by atoms with E-state index in [1.165, 1.54) is 0 Å². The van der Waals surface area contributed by atoms with Crippen molar-refractivity contribution < 1.29 is 14.3 Å². The average molecular weight is 310 g/mol. The van der Waals surface area contributed by atoms with Crippen LogP contribution >= 0.6 is 0 Å². The van der Waals surface area contributed by atoms with Crippen LogP contribution in [-0.2, 0) is 20.7 Å². The van der Waals surface area contributed by atoms with E-state index in [9.17, 15) is 9.59 Å². The van der Waals surface area contributed by atoms with Gasteiger partial charge in [0.1, 0.15) is 0 Å². The number of H-pyrrole nitrogens is 1. The number of hydrogen-bond acceptors (Lipinski definition) is 3. The molecule has 5 heteroatoms. The Morgan fingerprint density at radius 3 is 2.70 bits per heavy atom. The highest BCUT2D eigenvalue weighted by atomic mass is 16.5. The van der Waals surface area contributed by atoms with E-state index >= 15 is 0 Å². The van der Waals surface area contributed by atoms with Crippen molar-refractivity contribution in [3.63, 3.8) is 0 Å². The lowest BCUT2D eigenvalue weighted by molar-refractivity contribution is -0.148. The highest BCUT2D eigenvalue weighted by molar-refractivity contribution is 5.80. The summed E-state index contributed by atoms with van der Waals surface area (Å²) in [6.07, 6.45) is 5.74. The van der Waals surface area contributed by atoms with Crippen molar-refractivity contribution in [2.75, 3.05) is 13.2 Å². The molecule has 0 aliphatic rings. The molecule has 0 saturated carbocycles. The summed E-state index contributed by atoms with van der Waals surface area (Å²) < 4.78 is 4.88. The summed E-state index contributed by atoms with van der Waals surface area (Å²) in [4.78, 5) is 26.1. The SMILES string of the molecule is C#CCNC(=O)COC(=O)CCc1ccc(-c2ccccc2)[nH]1. The van der Waals surface area contributed by atoms with Crippen LogP contribution in [0.25, 0.3) is 11.3 Å². The molecule has 0 saturated heterocycles. The number of aromatic nitrogens is 1. The number of esters is 1. The van der Waals surface area contributed by atoms with Gasteiger partial charge in [0.05, 0.1) is 13.0 Å². The molecular formula is C18H18N2O3. The second kappa shape index (κ2) is 8.44. The minimum absolute atomic E-state index is 0.126. The predicted molar refractivity (Wildman–Crippen MR) is 87.4 cm³/mol. The monoisotopic (exact) mass is 310 g/mol. The van der Waals surface area contributed by atoms with Crippen LogP contribution < -0.4 is 5.32 Å². The number of carbonyl (C=O) groups is 2. The fourth-order valence-corrected chi connectivity index (χ4v) is 2.03. The molecule has 1 heterocycles. The second-order valence-corrected chi connectivity index (χ2v) is 4.90. The van der Waals surface area contributed by atoms with Crippen LogP contribution in [0.1, 0.15) is 12.1 Å². The highest BCUT2D eigenvalue weighted by Crippen LogP contribution is 2.18. The number of hydrogen-bond donors (Lipinski definition) is 2. The molecule has 2 rings (SSSR count). The Labute approximate surface area is 135 Å². The molecule has 5 nitrogen and oxygen atoms in total. The van der Waals surface area contributed by atoms with Crippen LogP contribution in [0.4, 0.5) is 0 Å². The maximum absolute atomic E-state index is 11.6. The van der Waals surface area contributed by atoms with Crippen molar-refractivity contribution in [2.45, 2.75) is 12.8 Å². The normalized spacial score (nSPS) is 9.87. The molecule has 0 radical (unpaired) electrons. The molecule has 1 amide bonds. The highest BCUT2D eigenvalue weighted by Gasteiger charge is 2.08. The smallest absolute Gasteiger partial charge is 0.306 e. The molecule has 0 bridgehead atoms. The van der Waals surface area contributed by atoms with Gasteiger partial charge in [-0.15, -0.1) is 6.42 Å². The van der Waals surface area contributed by atoms with E-state index in [0.717, 1.165) is 17.0 Å².